The molecule has 3 rings (SSSR count). The van der Waals surface area contributed by atoms with Gasteiger partial charge in [-0.1, -0.05) is 0 Å². The van der Waals surface area contributed by atoms with Crippen molar-refractivity contribution >= 4 is 17.8 Å². The molecular weight excluding hydrogens is 320 g/mol. The highest BCUT2D eigenvalue weighted by atomic mass is 16.5. The van der Waals surface area contributed by atoms with Crippen molar-refractivity contribution in [2.75, 3.05) is 32.1 Å². The molecule has 0 saturated carbocycles. The van der Waals surface area contributed by atoms with Crippen molar-refractivity contribution in [3.05, 3.63) is 42.6 Å². The first-order valence-electron chi connectivity index (χ1n) is 8.29. The third-order valence-corrected chi connectivity index (χ3v) is 3.97. The van der Waals surface area contributed by atoms with Crippen LogP contribution in [-0.4, -0.2) is 54.1 Å². The van der Waals surface area contributed by atoms with Gasteiger partial charge in [-0.15, -0.1) is 0 Å². The number of hydrogen-bond donors (Lipinski definition) is 0. The van der Waals surface area contributed by atoms with E-state index in [0.29, 0.717) is 24.0 Å². The number of furan rings is 1. The summed E-state index contributed by atoms with van der Waals surface area (Å²) in [5.41, 5.74) is 0. The second-order valence-electron chi connectivity index (χ2n) is 6.09. The summed E-state index contributed by atoms with van der Waals surface area (Å²) in [7, 11) is 3.79. The first-order valence-corrected chi connectivity index (χ1v) is 8.29. The third-order valence-electron chi connectivity index (χ3n) is 3.97. The molecule has 0 spiro atoms. The molecule has 1 aliphatic rings. The van der Waals surface area contributed by atoms with Crippen LogP contribution in [0.1, 0.15) is 18.6 Å². The monoisotopic (exact) mass is 342 g/mol. The van der Waals surface area contributed by atoms with E-state index in [0.717, 1.165) is 19.4 Å². The SMILES string of the molecule is CN(C)c1nccnc1OC1CCCN(C(=O)/C=C/c2ccco2)C1. The van der Waals surface area contributed by atoms with Crippen LogP contribution < -0.4 is 9.64 Å². The Morgan fingerprint density at radius 1 is 1.40 bits per heavy atom. The Kier molecular flexibility index (Phi) is 5.33. The molecule has 0 N–H and O–H groups in total. The zero-order valence-electron chi connectivity index (χ0n) is 14.5. The summed E-state index contributed by atoms with van der Waals surface area (Å²) in [5.74, 6) is 1.80. The van der Waals surface area contributed by atoms with Crippen LogP contribution in [-0.2, 0) is 4.79 Å². The number of carbonyl (C=O) groups excluding carboxylic acids is 1. The number of rotatable bonds is 5. The molecule has 0 bridgehead atoms. The fourth-order valence-corrected chi connectivity index (χ4v) is 2.75. The van der Waals surface area contributed by atoms with Crippen molar-refractivity contribution in [1.82, 2.24) is 14.9 Å². The van der Waals surface area contributed by atoms with Crippen LogP contribution in [0.3, 0.4) is 0 Å². The predicted molar refractivity (Wildman–Crippen MR) is 94.3 cm³/mol. The minimum atomic E-state index is -0.0925. The molecule has 0 aromatic carbocycles. The molecule has 1 amide bonds. The molecule has 7 heteroatoms. The molecule has 0 radical (unpaired) electrons. The first kappa shape index (κ1) is 17.0. The van der Waals surface area contributed by atoms with Crippen molar-refractivity contribution < 1.29 is 13.9 Å². The molecule has 1 atom stereocenters. The molecule has 1 unspecified atom stereocenters. The lowest BCUT2D eigenvalue weighted by molar-refractivity contribution is -0.128. The predicted octanol–water partition coefficient (Wildman–Crippen LogP) is 2.22. The summed E-state index contributed by atoms with van der Waals surface area (Å²) in [6.07, 6.45) is 9.73. The van der Waals surface area contributed by atoms with Gasteiger partial charge in [0.15, 0.2) is 5.82 Å². The van der Waals surface area contributed by atoms with Gasteiger partial charge in [0.25, 0.3) is 5.88 Å². The number of anilines is 1. The van der Waals surface area contributed by atoms with E-state index < -0.39 is 0 Å². The molecule has 1 fully saturated rings. The lowest BCUT2D eigenvalue weighted by Gasteiger charge is -2.32. The van der Waals surface area contributed by atoms with Crippen molar-refractivity contribution in [3.63, 3.8) is 0 Å². The van der Waals surface area contributed by atoms with Gasteiger partial charge in [0.05, 0.1) is 12.8 Å². The van der Waals surface area contributed by atoms with Crippen LogP contribution in [0, 0.1) is 0 Å². The zero-order valence-corrected chi connectivity index (χ0v) is 14.5. The van der Waals surface area contributed by atoms with Gasteiger partial charge in [0, 0.05) is 39.1 Å². The van der Waals surface area contributed by atoms with Crippen LogP contribution in [0.4, 0.5) is 5.82 Å². The van der Waals surface area contributed by atoms with Gasteiger partial charge in [-0.2, -0.15) is 0 Å². The summed E-state index contributed by atoms with van der Waals surface area (Å²) in [5, 5.41) is 0. The fourth-order valence-electron chi connectivity index (χ4n) is 2.75. The van der Waals surface area contributed by atoms with Gasteiger partial charge in [0.2, 0.25) is 5.91 Å². The standard InChI is InChI=1S/C18H22N4O3/c1-21(2)17-18(20-10-9-19-17)25-15-5-3-11-22(13-15)16(23)8-7-14-6-4-12-24-14/h4,6-10,12,15H,3,5,11,13H2,1-2H3/b8-7+. The quantitative estimate of drug-likeness (QED) is 0.776. The summed E-state index contributed by atoms with van der Waals surface area (Å²) in [4.78, 5) is 24.6. The maximum absolute atomic E-state index is 12.4. The van der Waals surface area contributed by atoms with Crippen LogP contribution in [0.15, 0.2) is 41.3 Å². The molecule has 7 nitrogen and oxygen atoms in total. The highest BCUT2D eigenvalue weighted by Crippen LogP contribution is 2.24. The van der Waals surface area contributed by atoms with Crippen LogP contribution >= 0.6 is 0 Å². The number of likely N-dealkylation sites (tertiary alicyclic amines) is 1. The third kappa shape index (κ3) is 4.37. The minimum Gasteiger partial charge on any atom is -0.470 e. The smallest absolute Gasteiger partial charge is 0.257 e. The van der Waals surface area contributed by atoms with E-state index in [9.17, 15) is 4.79 Å². The van der Waals surface area contributed by atoms with E-state index in [1.165, 1.54) is 6.08 Å². The summed E-state index contributed by atoms with van der Waals surface area (Å²) >= 11 is 0. The summed E-state index contributed by atoms with van der Waals surface area (Å²) in [6.45, 7) is 1.26. The second-order valence-corrected chi connectivity index (χ2v) is 6.09. The van der Waals surface area contributed by atoms with Crippen molar-refractivity contribution in [2.24, 2.45) is 0 Å². The topological polar surface area (TPSA) is 71.7 Å². The number of amides is 1. The van der Waals surface area contributed by atoms with E-state index >= 15 is 0 Å². The average Bonchev–Trinajstić information content (AvgIpc) is 3.14. The second kappa shape index (κ2) is 7.83. The van der Waals surface area contributed by atoms with Gasteiger partial charge < -0.3 is 19.0 Å². The number of carbonyl (C=O) groups is 1. The van der Waals surface area contributed by atoms with Gasteiger partial charge in [-0.05, 0) is 31.1 Å². The van der Waals surface area contributed by atoms with Gasteiger partial charge in [-0.25, -0.2) is 9.97 Å². The lowest BCUT2D eigenvalue weighted by atomic mass is 10.1. The van der Waals surface area contributed by atoms with Crippen molar-refractivity contribution in [1.29, 1.82) is 0 Å². The lowest BCUT2D eigenvalue weighted by Crippen LogP contribution is -2.44. The molecule has 3 heterocycles. The molecule has 2 aromatic heterocycles. The number of piperidine rings is 1. The Hall–Kier alpha value is -2.83. The Bertz CT molecular complexity index is 728. The molecule has 25 heavy (non-hydrogen) atoms. The Labute approximate surface area is 146 Å². The Morgan fingerprint density at radius 2 is 2.24 bits per heavy atom. The molecule has 132 valence electrons. The highest BCUT2D eigenvalue weighted by molar-refractivity contribution is 5.91. The van der Waals surface area contributed by atoms with E-state index in [1.807, 2.05) is 25.1 Å². The normalized spacial score (nSPS) is 17.7. The largest absolute Gasteiger partial charge is 0.470 e. The van der Waals surface area contributed by atoms with Gasteiger partial charge in [0.1, 0.15) is 11.9 Å². The van der Waals surface area contributed by atoms with E-state index in [2.05, 4.69) is 9.97 Å². The van der Waals surface area contributed by atoms with Crippen LogP contribution in [0.5, 0.6) is 5.88 Å². The minimum absolute atomic E-state index is 0.0447. The number of hydrogen-bond acceptors (Lipinski definition) is 6. The number of nitrogens with zero attached hydrogens (tertiary/aromatic N) is 4. The molecule has 2 aromatic rings. The molecule has 1 aliphatic heterocycles. The van der Waals surface area contributed by atoms with Crippen molar-refractivity contribution in [3.8, 4) is 5.88 Å². The Morgan fingerprint density at radius 3 is 3.00 bits per heavy atom. The Balaban J connectivity index is 1.62. The maximum Gasteiger partial charge on any atom is 0.257 e. The highest BCUT2D eigenvalue weighted by Gasteiger charge is 2.25. The number of ether oxygens (including phenoxy) is 1. The van der Waals surface area contributed by atoms with Gasteiger partial charge >= 0.3 is 0 Å². The van der Waals surface area contributed by atoms with E-state index in [1.54, 1.807) is 35.7 Å². The van der Waals surface area contributed by atoms with Crippen molar-refractivity contribution in [2.45, 2.75) is 18.9 Å². The summed E-state index contributed by atoms with van der Waals surface area (Å²) < 4.78 is 11.2. The van der Waals surface area contributed by atoms with E-state index in [4.69, 9.17) is 9.15 Å². The van der Waals surface area contributed by atoms with Crippen LogP contribution in [0.2, 0.25) is 0 Å². The first-order chi connectivity index (χ1) is 12.1. The molecular formula is C18H22N4O3. The molecule has 0 aliphatic carbocycles. The zero-order chi connectivity index (χ0) is 17.6. The molecule has 1 saturated heterocycles. The van der Waals surface area contributed by atoms with E-state index in [-0.39, 0.29) is 12.0 Å². The van der Waals surface area contributed by atoms with Gasteiger partial charge in [-0.3, -0.25) is 4.79 Å². The number of aromatic nitrogens is 2. The summed E-state index contributed by atoms with van der Waals surface area (Å²) in [6, 6.07) is 3.60. The maximum atomic E-state index is 12.4. The fraction of sp³-hybridized carbons (Fsp3) is 0.389. The average molecular weight is 342 g/mol. The van der Waals surface area contributed by atoms with Crippen LogP contribution in [0.25, 0.3) is 6.08 Å².